The summed E-state index contributed by atoms with van der Waals surface area (Å²) in [6.07, 6.45) is 0. The molecule has 2 aromatic carbocycles. The lowest BCUT2D eigenvalue weighted by Gasteiger charge is -2.31. The van der Waals surface area contributed by atoms with Crippen molar-refractivity contribution in [2.24, 2.45) is 10.9 Å². The van der Waals surface area contributed by atoms with E-state index in [0.29, 0.717) is 44.1 Å². The van der Waals surface area contributed by atoms with E-state index >= 15 is 0 Å². The van der Waals surface area contributed by atoms with Gasteiger partial charge in [0.25, 0.3) is 5.91 Å². The van der Waals surface area contributed by atoms with Crippen LogP contribution in [0.2, 0.25) is 5.02 Å². The summed E-state index contributed by atoms with van der Waals surface area (Å²) in [5.74, 6) is -0.756. The van der Waals surface area contributed by atoms with Gasteiger partial charge in [-0.15, -0.1) is 11.8 Å². The molecule has 0 aliphatic carbocycles. The number of halogens is 1. The average molecular weight is 456 g/mol. The van der Waals surface area contributed by atoms with E-state index < -0.39 is 11.8 Å². The Morgan fingerprint density at radius 2 is 2.00 bits per heavy atom. The zero-order valence-electron chi connectivity index (χ0n) is 17.1. The number of aliphatic hydroxyl groups is 1. The molecule has 1 heterocycles. The molecule has 160 valence electrons. The van der Waals surface area contributed by atoms with Gasteiger partial charge in [0.15, 0.2) is 0 Å². The van der Waals surface area contributed by atoms with E-state index in [0.717, 1.165) is 0 Å². The number of nitriles is 1. The number of allylic oxidation sites excluding steroid dienone is 1. The molecule has 8 heteroatoms. The van der Waals surface area contributed by atoms with E-state index in [9.17, 15) is 15.2 Å². The highest BCUT2D eigenvalue weighted by Crippen LogP contribution is 2.43. The van der Waals surface area contributed by atoms with Gasteiger partial charge in [0.2, 0.25) is 0 Å². The quantitative estimate of drug-likeness (QED) is 0.662. The number of anilines is 1. The van der Waals surface area contributed by atoms with Crippen molar-refractivity contribution < 1.29 is 14.6 Å². The largest absolute Gasteiger partial charge is 0.495 e. The van der Waals surface area contributed by atoms with Gasteiger partial charge in [-0.2, -0.15) is 5.26 Å². The van der Waals surface area contributed by atoms with Gasteiger partial charge in [0, 0.05) is 28.0 Å². The summed E-state index contributed by atoms with van der Waals surface area (Å²) in [5.41, 5.74) is 2.08. The number of carbonyl (C=O) groups excluding carboxylic acids is 1. The summed E-state index contributed by atoms with van der Waals surface area (Å²) < 4.78 is 5.34. The minimum absolute atomic E-state index is 0.0392. The molecule has 3 rings (SSSR count). The van der Waals surface area contributed by atoms with Crippen LogP contribution in [0.25, 0.3) is 0 Å². The molecule has 1 aliphatic heterocycles. The second kappa shape index (κ2) is 10.5. The highest BCUT2D eigenvalue weighted by molar-refractivity contribution is 8.14. The van der Waals surface area contributed by atoms with Crippen molar-refractivity contribution >= 4 is 40.0 Å². The highest BCUT2D eigenvalue weighted by atomic mass is 35.5. The molecular weight excluding hydrogens is 434 g/mol. The Morgan fingerprint density at radius 3 is 2.68 bits per heavy atom. The molecule has 0 bridgehead atoms. The number of nitrogens with one attached hydrogen (secondary N) is 1. The molecule has 2 atom stereocenters. The maximum atomic E-state index is 13.4. The fourth-order valence-electron chi connectivity index (χ4n) is 3.54. The number of thioether (sulfide) groups is 1. The smallest absolute Gasteiger partial charge is 0.254 e. The van der Waals surface area contributed by atoms with E-state index in [1.54, 1.807) is 37.3 Å². The number of rotatable bonds is 6. The topological polar surface area (TPSA) is 94.7 Å². The number of hydrogen-bond donors (Lipinski definition) is 2. The summed E-state index contributed by atoms with van der Waals surface area (Å²) in [7, 11) is 1.53. The summed E-state index contributed by atoms with van der Waals surface area (Å²) in [5, 5.41) is 23.2. The third-order valence-electron chi connectivity index (χ3n) is 4.90. The normalized spacial score (nSPS) is 18.2. The number of nitrogens with zero attached hydrogens (tertiary/aromatic N) is 2. The average Bonchev–Trinajstić information content (AvgIpc) is 2.77. The van der Waals surface area contributed by atoms with E-state index in [2.05, 4.69) is 16.4 Å². The summed E-state index contributed by atoms with van der Waals surface area (Å²) >= 11 is 7.80. The van der Waals surface area contributed by atoms with Crippen molar-refractivity contribution in [3.8, 4) is 11.8 Å². The van der Waals surface area contributed by atoms with Gasteiger partial charge in [-0.25, -0.2) is 4.99 Å². The fourth-order valence-corrected chi connectivity index (χ4v) is 4.66. The zero-order chi connectivity index (χ0) is 22.4. The monoisotopic (exact) mass is 455 g/mol. The van der Waals surface area contributed by atoms with Gasteiger partial charge >= 0.3 is 0 Å². The molecule has 31 heavy (non-hydrogen) atoms. The summed E-state index contributed by atoms with van der Waals surface area (Å²) in [6, 6.07) is 16.6. The van der Waals surface area contributed by atoms with Gasteiger partial charge in [-0.05, 0) is 30.7 Å². The van der Waals surface area contributed by atoms with Gasteiger partial charge in [-0.3, -0.25) is 4.79 Å². The predicted octanol–water partition coefficient (Wildman–Crippen LogP) is 4.62. The first-order valence-electron chi connectivity index (χ1n) is 9.63. The van der Waals surface area contributed by atoms with Crippen molar-refractivity contribution in [1.29, 1.82) is 5.26 Å². The molecule has 1 amide bonds. The molecule has 0 spiro atoms. The number of aliphatic imine (C=N–C) groups is 1. The minimum atomic E-state index is -0.710. The van der Waals surface area contributed by atoms with Crippen LogP contribution in [0, 0.1) is 17.2 Å². The Kier molecular flexibility index (Phi) is 7.75. The molecule has 6 nitrogen and oxygen atoms in total. The standard InChI is InChI=1S/C23H22ClN3O3S/c1-14-20(22(29)27-18-9-5-6-10-19(18)30-2)21(15-7-3-4-8-17(15)24)16(13-25)23(26-14)31-12-11-28/h3-10,16,21,28H,11-12H2,1-2H3,(H,27,29). The molecule has 2 N–H and O–H groups in total. The van der Waals surface area contributed by atoms with Crippen molar-refractivity contribution in [2.45, 2.75) is 12.8 Å². The third-order valence-corrected chi connectivity index (χ3v) is 6.27. The van der Waals surface area contributed by atoms with Crippen LogP contribution in [0.5, 0.6) is 5.75 Å². The van der Waals surface area contributed by atoms with E-state index in [4.69, 9.17) is 16.3 Å². The molecular formula is C23H22ClN3O3S. The van der Waals surface area contributed by atoms with E-state index in [1.807, 2.05) is 18.2 Å². The maximum absolute atomic E-state index is 13.4. The van der Waals surface area contributed by atoms with E-state index in [1.165, 1.54) is 18.9 Å². The number of methoxy groups -OCH3 is 1. The van der Waals surface area contributed by atoms with Crippen molar-refractivity contribution in [3.63, 3.8) is 0 Å². The number of amides is 1. The maximum Gasteiger partial charge on any atom is 0.254 e. The zero-order valence-corrected chi connectivity index (χ0v) is 18.7. The lowest BCUT2D eigenvalue weighted by atomic mass is 9.78. The van der Waals surface area contributed by atoms with Crippen LogP contribution in [0.15, 0.2) is 64.8 Å². The Bertz CT molecular complexity index is 1080. The molecule has 1 aliphatic rings. The second-order valence-electron chi connectivity index (χ2n) is 6.78. The van der Waals surface area contributed by atoms with Crippen LogP contribution in [0.4, 0.5) is 5.69 Å². The SMILES string of the molecule is COc1ccccc1NC(=O)C1=C(C)N=C(SCCO)C(C#N)C1c1ccccc1Cl. The van der Waals surface area contributed by atoms with Gasteiger partial charge in [0.05, 0.1) is 30.5 Å². The van der Waals surface area contributed by atoms with Gasteiger partial charge in [-0.1, -0.05) is 41.9 Å². The van der Waals surface area contributed by atoms with Crippen LogP contribution in [0.3, 0.4) is 0 Å². The van der Waals surface area contributed by atoms with E-state index in [-0.39, 0.29) is 12.5 Å². The number of aliphatic hydroxyl groups excluding tert-OH is 1. The third kappa shape index (κ3) is 4.93. The Balaban J connectivity index is 2.10. The number of ether oxygens (including phenoxy) is 1. The molecule has 0 aromatic heterocycles. The molecule has 2 unspecified atom stereocenters. The lowest BCUT2D eigenvalue weighted by Crippen LogP contribution is -2.31. The van der Waals surface area contributed by atoms with Crippen LogP contribution in [-0.4, -0.2) is 35.5 Å². The van der Waals surface area contributed by atoms with Gasteiger partial charge in [0.1, 0.15) is 11.7 Å². The van der Waals surface area contributed by atoms with Crippen LogP contribution in [0.1, 0.15) is 18.4 Å². The molecule has 2 aromatic rings. The van der Waals surface area contributed by atoms with Crippen molar-refractivity contribution in [3.05, 3.63) is 70.4 Å². The molecule has 0 radical (unpaired) electrons. The lowest BCUT2D eigenvalue weighted by molar-refractivity contribution is -0.113. The molecule has 0 saturated heterocycles. The number of para-hydroxylation sites is 2. The Hall–Kier alpha value is -2.79. The predicted molar refractivity (Wildman–Crippen MR) is 125 cm³/mol. The number of hydrogen-bond acceptors (Lipinski definition) is 6. The molecule has 0 fully saturated rings. The number of benzene rings is 2. The van der Waals surface area contributed by atoms with Crippen LogP contribution in [-0.2, 0) is 4.79 Å². The van der Waals surface area contributed by atoms with Crippen LogP contribution < -0.4 is 10.1 Å². The minimum Gasteiger partial charge on any atom is -0.495 e. The highest BCUT2D eigenvalue weighted by Gasteiger charge is 2.39. The van der Waals surface area contributed by atoms with Crippen molar-refractivity contribution in [1.82, 2.24) is 0 Å². The van der Waals surface area contributed by atoms with Crippen molar-refractivity contribution in [2.75, 3.05) is 24.8 Å². The van der Waals surface area contributed by atoms with Gasteiger partial charge < -0.3 is 15.2 Å². The summed E-state index contributed by atoms with van der Waals surface area (Å²) in [4.78, 5) is 18.0. The Labute approximate surface area is 190 Å². The summed E-state index contributed by atoms with van der Waals surface area (Å²) in [6.45, 7) is 1.70. The fraction of sp³-hybridized carbons (Fsp3) is 0.261. The number of carbonyl (C=O) groups is 1. The van der Waals surface area contributed by atoms with Crippen LogP contribution >= 0.6 is 23.4 Å². The first-order valence-corrected chi connectivity index (χ1v) is 11.0. The first kappa shape index (κ1) is 22.9. The Morgan fingerprint density at radius 1 is 1.29 bits per heavy atom. The second-order valence-corrected chi connectivity index (χ2v) is 8.30. The first-order chi connectivity index (χ1) is 15.0. The molecule has 0 saturated carbocycles.